The molecule has 19 heavy (non-hydrogen) atoms. The van der Waals surface area contributed by atoms with Crippen LogP contribution in [0.15, 0.2) is 6.20 Å². The first-order chi connectivity index (χ1) is 9.02. The van der Waals surface area contributed by atoms with Crippen LogP contribution >= 0.6 is 0 Å². The zero-order valence-corrected chi connectivity index (χ0v) is 11.9. The first kappa shape index (κ1) is 13.9. The Hall–Kier alpha value is -1.52. The minimum absolute atomic E-state index is 0.244. The summed E-state index contributed by atoms with van der Waals surface area (Å²) in [5.74, 6) is 1.000. The van der Waals surface area contributed by atoms with Crippen LogP contribution in [0.3, 0.4) is 0 Å². The van der Waals surface area contributed by atoms with Gasteiger partial charge in [-0.25, -0.2) is 4.79 Å². The lowest BCUT2D eigenvalue weighted by Gasteiger charge is -2.32. The van der Waals surface area contributed by atoms with Crippen molar-refractivity contribution in [2.75, 3.05) is 12.3 Å². The molecule has 0 saturated heterocycles. The molecule has 0 bridgehead atoms. The van der Waals surface area contributed by atoms with E-state index < -0.39 is 5.97 Å². The maximum atomic E-state index is 11.7. The third kappa shape index (κ3) is 2.91. The van der Waals surface area contributed by atoms with Gasteiger partial charge in [0, 0.05) is 6.20 Å². The summed E-state index contributed by atoms with van der Waals surface area (Å²) >= 11 is 0. The number of hydrogen-bond acceptors (Lipinski definition) is 4. The van der Waals surface area contributed by atoms with Gasteiger partial charge in [0.2, 0.25) is 0 Å². The van der Waals surface area contributed by atoms with Crippen LogP contribution in [0.1, 0.15) is 56.6 Å². The Kier molecular flexibility index (Phi) is 4.12. The van der Waals surface area contributed by atoms with Crippen LogP contribution in [0.25, 0.3) is 0 Å². The summed E-state index contributed by atoms with van der Waals surface area (Å²) in [5.41, 5.74) is 6.51. The molecule has 1 aliphatic rings. The number of aromatic nitrogens is 2. The Morgan fingerprint density at radius 2 is 2.21 bits per heavy atom. The molecular weight excluding hydrogens is 242 g/mol. The van der Waals surface area contributed by atoms with Gasteiger partial charge in [0.1, 0.15) is 0 Å². The van der Waals surface area contributed by atoms with Crippen molar-refractivity contribution in [1.29, 1.82) is 0 Å². The topological polar surface area (TPSA) is 70.1 Å². The van der Waals surface area contributed by atoms with E-state index in [4.69, 9.17) is 10.5 Å². The highest BCUT2D eigenvalue weighted by atomic mass is 16.5. The van der Waals surface area contributed by atoms with Crippen LogP contribution in [0.5, 0.6) is 0 Å². The van der Waals surface area contributed by atoms with E-state index in [0.717, 1.165) is 18.8 Å². The Labute approximate surface area is 114 Å². The molecule has 106 valence electrons. The van der Waals surface area contributed by atoms with Crippen molar-refractivity contribution in [2.45, 2.75) is 46.1 Å². The molecule has 1 heterocycles. The number of esters is 1. The number of nitrogens with two attached hydrogens (primary N) is 1. The molecule has 1 aliphatic carbocycles. The summed E-state index contributed by atoms with van der Waals surface area (Å²) in [6, 6.07) is 0.344. The van der Waals surface area contributed by atoms with Gasteiger partial charge < -0.3 is 10.5 Å². The third-order valence-corrected chi connectivity index (χ3v) is 4.17. The summed E-state index contributed by atoms with van der Waals surface area (Å²) in [6.07, 6.45) is 5.14. The molecule has 2 N–H and O–H groups in total. The maximum Gasteiger partial charge on any atom is 0.361 e. The smallest absolute Gasteiger partial charge is 0.361 e. The molecule has 1 aromatic heterocycles. The molecule has 1 fully saturated rings. The molecule has 0 amide bonds. The second kappa shape index (κ2) is 5.63. The lowest BCUT2D eigenvalue weighted by molar-refractivity contribution is 0.0518. The first-order valence-electron chi connectivity index (χ1n) is 7.04. The van der Waals surface area contributed by atoms with Crippen molar-refractivity contribution in [3.05, 3.63) is 11.9 Å². The normalized spacial score (nSPS) is 27.2. The van der Waals surface area contributed by atoms with E-state index in [1.165, 1.54) is 6.42 Å². The molecule has 0 spiro atoms. The fraction of sp³-hybridized carbons (Fsp3) is 0.714. The Morgan fingerprint density at radius 3 is 2.84 bits per heavy atom. The van der Waals surface area contributed by atoms with Crippen LogP contribution in [0, 0.1) is 11.8 Å². The predicted molar refractivity (Wildman–Crippen MR) is 73.8 cm³/mol. The van der Waals surface area contributed by atoms with Crippen molar-refractivity contribution in [3.63, 3.8) is 0 Å². The van der Waals surface area contributed by atoms with Crippen molar-refractivity contribution < 1.29 is 9.53 Å². The molecule has 3 unspecified atom stereocenters. The van der Waals surface area contributed by atoms with E-state index in [1.54, 1.807) is 13.1 Å². The number of carbonyl (C=O) groups excluding carboxylic acids is 1. The third-order valence-electron chi connectivity index (χ3n) is 4.17. The minimum atomic E-state index is -0.434. The molecule has 5 heteroatoms. The van der Waals surface area contributed by atoms with Gasteiger partial charge in [-0.1, -0.05) is 13.8 Å². The molecular formula is C14H23N3O2. The summed E-state index contributed by atoms with van der Waals surface area (Å²) in [6.45, 7) is 6.68. The highest BCUT2D eigenvalue weighted by molar-refractivity contribution is 5.92. The van der Waals surface area contributed by atoms with E-state index in [1.807, 2.05) is 4.68 Å². The monoisotopic (exact) mass is 265 g/mol. The van der Waals surface area contributed by atoms with Gasteiger partial charge >= 0.3 is 5.97 Å². The fourth-order valence-electron chi connectivity index (χ4n) is 2.71. The van der Waals surface area contributed by atoms with Gasteiger partial charge in [-0.3, -0.25) is 4.68 Å². The molecule has 2 rings (SSSR count). The molecule has 0 aromatic carbocycles. The SMILES string of the molecule is CCOC(=O)c1nn(C2CCC(C)C(C)C2)cc1N. The van der Waals surface area contributed by atoms with Gasteiger partial charge in [0.25, 0.3) is 0 Å². The number of anilines is 1. The summed E-state index contributed by atoms with van der Waals surface area (Å²) < 4.78 is 6.80. The summed E-state index contributed by atoms with van der Waals surface area (Å²) in [4.78, 5) is 11.7. The van der Waals surface area contributed by atoms with Crippen LogP contribution in [-0.4, -0.2) is 22.4 Å². The Morgan fingerprint density at radius 1 is 1.47 bits per heavy atom. The Bertz CT molecular complexity index is 456. The number of ether oxygens (including phenoxy) is 1. The van der Waals surface area contributed by atoms with Gasteiger partial charge in [-0.2, -0.15) is 5.10 Å². The van der Waals surface area contributed by atoms with Crippen molar-refractivity contribution in [3.8, 4) is 0 Å². The number of nitrogens with zero attached hydrogens (tertiary/aromatic N) is 2. The number of hydrogen-bond donors (Lipinski definition) is 1. The van der Waals surface area contributed by atoms with Crippen molar-refractivity contribution in [1.82, 2.24) is 9.78 Å². The van der Waals surface area contributed by atoms with Crippen molar-refractivity contribution in [2.24, 2.45) is 11.8 Å². The van der Waals surface area contributed by atoms with Crippen molar-refractivity contribution >= 4 is 11.7 Å². The second-order valence-corrected chi connectivity index (χ2v) is 5.55. The molecule has 0 radical (unpaired) electrons. The van der Waals surface area contributed by atoms with E-state index in [9.17, 15) is 4.79 Å². The van der Waals surface area contributed by atoms with Gasteiger partial charge in [0.05, 0.1) is 18.3 Å². The molecule has 5 nitrogen and oxygen atoms in total. The highest BCUT2D eigenvalue weighted by Gasteiger charge is 2.27. The highest BCUT2D eigenvalue weighted by Crippen LogP contribution is 2.36. The maximum absolute atomic E-state index is 11.7. The number of rotatable bonds is 3. The number of carbonyl (C=O) groups is 1. The predicted octanol–water partition coefficient (Wildman–Crippen LogP) is 2.64. The van der Waals surface area contributed by atoms with E-state index in [0.29, 0.717) is 24.3 Å². The van der Waals surface area contributed by atoms with Gasteiger partial charge in [-0.15, -0.1) is 0 Å². The molecule has 0 aliphatic heterocycles. The second-order valence-electron chi connectivity index (χ2n) is 5.55. The van der Waals surface area contributed by atoms with E-state index >= 15 is 0 Å². The molecule has 1 saturated carbocycles. The quantitative estimate of drug-likeness (QED) is 0.853. The van der Waals surface area contributed by atoms with Crippen LogP contribution in [0.2, 0.25) is 0 Å². The average molecular weight is 265 g/mol. The Balaban J connectivity index is 2.14. The van der Waals surface area contributed by atoms with Crippen LogP contribution in [0.4, 0.5) is 5.69 Å². The van der Waals surface area contributed by atoms with Crippen LogP contribution in [-0.2, 0) is 4.74 Å². The zero-order chi connectivity index (χ0) is 14.0. The fourth-order valence-corrected chi connectivity index (χ4v) is 2.71. The molecule has 1 aromatic rings. The number of nitrogen functional groups attached to an aromatic ring is 1. The van der Waals surface area contributed by atoms with Gasteiger partial charge in [-0.05, 0) is 38.0 Å². The standard InChI is InChI=1S/C14H23N3O2/c1-4-19-14(18)13-12(15)8-17(16-13)11-6-5-9(2)10(3)7-11/h8-11H,4-7,15H2,1-3H3. The largest absolute Gasteiger partial charge is 0.461 e. The molecule has 3 atom stereocenters. The summed E-state index contributed by atoms with van der Waals surface area (Å²) in [5, 5.41) is 4.33. The van der Waals surface area contributed by atoms with Gasteiger partial charge in [0.15, 0.2) is 5.69 Å². The lowest BCUT2D eigenvalue weighted by atomic mass is 9.79. The van der Waals surface area contributed by atoms with Crippen LogP contribution < -0.4 is 5.73 Å². The van der Waals surface area contributed by atoms with E-state index in [2.05, 4.69) is 18.9 Å². The summed E-state index contributed by atoms with van der Waals surface area (Å²) in [7, 11) is 0. The zero-order valence-electron chi connectivity index (χ0n) is 11.9. The minimum Gasteiger partial charge on any atom is -0.461 e. The first-order valence-corrected chi connectivity index (χ1v) is 7.04. The lowest BCUT2D eigenvalue weighted by Crippen LogP contribution is -2.24. The van der Waals surface area contributed by atoms with E-state index in [-0.39, 0.29) is 5.69 Å². The average Bonchev–Trinajstić information content (AvgIpc) is 2.75.